The van der Waals surface area contributed by atoms with Crippen molar-refractivity contribution in [3.8, 4) is 16.9 Å². The summed E-state index contributed by atoms with van der Waals surface area (Å²) in [7, 11) is 0. The van der Waals surface area contributed by atoms with Crippen molar-refractivity contribution in [2.75, 3.05) is 5.32 Å². The highest BCUT2D eigenvalue weighted by Gasteiger charge is 2.19. The van der Waals surface area contributed by atoms with Crippen molar-refractivity contribution in [3.05, 3.63) is 107 Å². The molecule has 1 aliphatic carbocycles. The van der Waals surface area contributed by atoms with Gasteiger partial charge in [-0.05, 0) is 91.4 Å². The summed E-state index contributed by atoms with van der Waals surface area (Å²) in [4.78, 5) is 12.7. The predicted molar refractivity (Wildman–Crippen MR) is 132 cm³/mol. The van der Waals surface area contributed by atoms with E-state index in [1.54, 1.807) is 24.3 Å². The van der Waals surface area contributed by atoms with Gasteiger partial charge in [0.1, 0.15) is 0 Å². The topological polar surface area (TPSA) is 34.0 Å². The highest BCUT2D eigenvalue weighted by Crippen LogP contribution is 2.33. The normalized spacial score (nSPS) is 13.3. The van der Waals surface area contributed by atoms with Crippen LogP contribution in [0.15, 0.2) is 84.9 Å². The van der Waals surface area contributed by atoms with Crippen LogP contribution in [0.25, 0.3) is 16.9 Å². The summed E-state index contributed by atoms with van der Waals surface area (Å²) in [5.74, 6) is -0.131. The number of fused-ring (bicyclic) bond motifs is 1. The molecule has 4 heteroatoms. The van der Waals surface area contributed by atoms with E-state index in [9.17, 15) is 4.79 Å². The van der Waals surface area contributed by atoms with Gasteiger partial charge >= 0.3 is 0 Å². The molecule has 0 spiro atoms. The molecule has 0 atom stereocenters. The van der Waals surface area contributed by atoms with E-state index >= 15 is 0 Å². The number of halogens is 1. The van der Waals surface area contributed by atoms with E-state index < -0.39 is 0 Å². The molecule has 0 bridgehead atoms. The van der Waals surface area contributed by atoms with Crippen LogP contribution in [-0.2, 0) is 12.8 Å². The summed E-state index contributed by atoms with van der Waals surface area (Å²) >= 11 is 5.93. The molecular formula is C28H25ClN2O. The number of carbonyl (C=O) groups excluding carboxylic acids is 1. The largest absolute Gasteiger partial charge is 0.322 e. The van der Waals surface area contributed by atoms with Crippen LogP contribution in [0.2, 0.25) is 5.02 Å². The lowest BCUT2D eigenvalue weighted by Crippen LogP contribution is -2.12. The van der Waals surface area contributed by atoms with Crippen molar-refractivity contribution in [1.82, 2.24) is 4.57 Å². The number of nitrogens with zero attached hydrogens (tertiary/aromatic N) is 1. The van der Waals surface area contributed by atoms with E-state index in [0.29, 0.717) is 10.6 Å². The molecule has 5 rings (SSSR count). The zero-order valence-corrected chi connectivity index (χ0v) is 18.6. The molecule has 0 saturated heterocycles. The van der Waals surface area contributed by atoms with Gasteiger partial charge < -0.3 is 9.88 Å². The van der Waals surface area contributed by atoms with Crippen LogP contribution in [0.5, 0.6) is 0 Å². The van der Waals surface area contributed by atoms with Crippen LogP contribution in [0.3, 0.4) is 0 Å². The molecule has 0 aliphatic heterocycles. The molecule has 1 aromatic heterocycles. The third kappa shape index (κ3) is 4.21. The van der Waals surface area contributed by atoms with Crippen LogP contribution >= 0.6 is 11.6 Å². The minimum absolute atomic E-state index is 0.131. The fourth-order valence-corrected chi connectivity index (χ4v) is 4.62. The van der Waals surface area contributed by atoms with Gasteiger partial charge in [-0.15, -0.1) is 0 Å². The minimum atomic E-state index is -0.131. The van der Waals surface area contributed by atoms with Gasteiger partial charge in [-0.25, -0.2) is 0 Å². The average Bonchev–Trinajstić information content (AvgIpc) is 3.03. The standard InChI is InChI=1S/C28H25ClN2O/c29-23-13-15-24(16-14-23)30-28(32)21-11-17-25(18-12-21)31-26-10-6-2-5-9-22(26)19-27(31)20-7-3-1-4-8-20/h1,3-4,7-8,11-19H,2,5-6,9-10H2,(H,30,32). The van der Waals surface area contributed by atoms with E-state index in [2.05, 4.69) is 46.3 Å². The Morgan fingerprint density at radius 3 is 2.28 bits per heavy atom. The molecule has 0 unspecified atom stereocenters. The molecule has 0 fully saturated rings. The zero-order valence-electron chi connectivity index (χ0n) is 17.9. The van der Waals surface area contributed by atoms with Crippen LogP contribution in [0, 0.1) is 0 Å². The van der Waals surface area contributed by atoms with Gasteiger partial charge in [-0.3, -0.25) is 4.79 Å². The van der Waals surface area contributed by atoms with E-state index in [0.717, 1.165) is 24.2 Å². The Morgan fingerprint density at radius 2 is 1.53 bits per heavy atom. The molecule has 1 heterocycles. The number of benzene rings is 3. The lowest BCUT2D eigenvalue weighted by atomic mass is 10.1. The van der Waals surface area contributed by atoms with Crippen molar-refractivity contribution in [3.63, 3.8) is 0 Å². The molecule has 1 aliphatic rings. The van der Waals surface area contributed by atoms with Gasteiger partial charge in [-0.1, -0.05) is 48.4 Å². The molecule has 32 heavy (non-hydrogen) atoms. The summed E-state index contributed by atoms with van der Waals surface area (Å²) < 4.78 is 2.39. The minimum Gasteiger partial charge on any atom is -0.322 e. The summed E-state index contributed by atoms with van der Waals surface area (Å²) in [5.41, 5.74) is 7.73. The molecular weight excluding hydrogens is 416 g/mol. The number of carbonyl (C=O) groups is 1. The molecule has 1 N–H and O–H groups in total. The lowest BCUT2D eigenvalue weighted by Gasteiger charge is -2.15. The van der Waals surface area contributed by atoms with Gasteiger partial charge in [0, 0.05) is 27.7 Å². The number of aromatic nitrogens is 1. The fourth-order valence-electron chi connectivity index (χ4n) is 4.49. The maximum absolute atomic E-state index is 12.7. The lowest BCUT2D eigenvalue weighted by molar-refractivity contribution is 0.102. The summed E-state index contributed by atoms with van der Waals surface area (Å²) in [5, 5.41) is 3.58. The third-order valence-electron chi connectivity index (χ3n) is 6.11. The van der Waals surface area contributed by atoms with Crippen molar-refractivity contribution in [2.45, 2.75) is 32.1 Å². The molecule has 0 saturated carbocycles. The first kappa shape index (κ1) is 20.6. The maximum atomic E-state index is 12.7. The van der Waals surface area contributed by atoms with Crippen LogP contribution < -0.4 is 5.32 Å². The molecule has 4 aromatic rings. The van der Waals surface area contributed by atoms with Crippen molar-refractivity contribution >= 4 is 23.2 Å². The van der Waals surface area contributed by atoms with Gasteiger partial charge in [0.15, 0.2) is 0 Å². The second kappa shape index (κ2) is 9.05. The maximum Gasteiger partial charge on any atom is 0.255 e. The van der Waals surface area contributed by atoms with Crippen molar-refractivity contribution < 1.29 is 4.79 Å². The van der Waals surface area contributed by atoms with Crippen LogP contribution in [-0.4, -0.2) is 10.5 Å². The number of aryl methyl sites for hydroxylation is 1. The molecule has 3 nitrogen and oxygen atoms in total. The fraction of sp³-hybridized carbons (Fsp3) is 0.179. The first-order valence-electron chi connectivity index (χ1n) is 11.2. The smallest absolute Gasteiger partial charge is 0.255 e. The Bertz CT molecular complexity index is 1230. The number of hydrogen-bond donors (Lipinski definition) is 1. The highest BCUT2D eigenvalue weighted by molar-refractivity contribution is 6.30. The van der Waals surface area contributed by atoms with Gasteiger partial charge in [-0.2, -0.15) is 0 Å². The number of rotatable bonds is 4. The molecule has 3 aromatic carbocycles. The second-order valence-electron chi connectivity index (χ2n) is 8.27. The number of amides is 1. The Morgan fingerprint density at radius 1 is 0.812 bits per heavy atom. The Labute approximate surface area is 193 Å². The molecule has 1 amide bonds. The third-order valence-corrected chi connectivity index (χ3v) is 6.36. The van der Waals surface area contributed by atoms with E-state index in [-0.39, 0.29) is 5.91 Å². The van der Waals surface area contributed by atoms with Gasteiger partial charge in [0.05, 0.1) is 5.69 Å². The number of nitrogens with one attached hydrogen (secondary N) is 1. The van der Waals surface area contributed by atoms with Crippen LogP contribution in [0.1, 0.15) is 40.9 Å². The quantitative estimate of drug-likeness (QED) is 0.331. The monoisotopic (exact) mass is 440 g/mol. The second-order valence-corrected chi connectivity index (χ2v) is 8.71. The number of hydrogen-bond acceptors (Lipinski definition) is 1. The Hall–Kier alpha value is -3.30. The predicted octanol–water partition coefficient (Wildman–Crippen LogP) is 7.32. The summed E-state index contributed by atoms with van der Waals surface area (Å²) in [6, 6.07) is 28.0. The SMILES string of the molecule is O=C(Nc1ccc(Cl)cc1)c1ccc(-n2c(-c3ccccc3)cc3c2CCCCC3)cc1. The Balaban J connectivity index is 1.48. The summed E-state index contributed by atoms with van der Waals surface area (Å²) in [6.07, 6.45) is 5.95. The Kier molecular flexibility index (Phi) is 5.83. The van der Waals surface area contributed by atoms with E-state index in [1.165, 1.54) is 41.8 Å². The van der Waals surface area contributed by atoms with E-state index in [1.807, 2.05) is 24.3 Å². The summed E-state index contributed by atoms with van der Waals surface area (Å²) in [6.45, 7) is 0. The molecule has 0 radical (unpaired) electrons. The number of anilines is 1. The highest BCUT2D eigenvalue weighted by atomic mass is 35.5. The van der Waals surface area contributed by atoms with Gasteiger partial charge in [0.25, 0.3) is 5.91 Å². The van der Waals surface area contributed by atoms with Crippen molar-refractivity contribution in [1.29, 1.82) is 0 Å². The van der Waals surface area contributed by atoms with Crippen LogP contribution in [0.4, 0.5) is 5.69 Å². The zero-order chi connectivity index (χ0) is 21.9. The first-order valence-corrected chi connectivity index (χ1v) is 11.5. The van der Waals surface area contributed by atoms with Gasteiger partial charge in [0.2, 0.25) is 0 Å². The average molecular weight is 441 g/mol. The molecule has 160 valence electrons. The van der Waals surface area contributed by atoms with Crippen molar-refractivity contribution in [2.24, 2.45) is 0 Å². The first-order chi connectivity index (χ1) is 15.7. The van der Waals surface area contributed by atoms with E-state index in [4.69, 9.17) is 11.6 Å².